The van der Waals surface area contributed by atoms with Crippen LogP contribution in [-0.2, 0) is 17.8 Å². The van der Waals surface area contributed by atoms with Crippen molar-refractivity contribution in [3.63, 3.8) is 0 Å². The molecular weight excluding hydrogens is 336 g/mol. The van der Waals surface area contributed by atoms with E-state index < -0.39 is 0 Å². The molecule has 0 radical (unpaired) electrons. The van der Waals surface area contributed by atoms with Crippen molar-refractivity contribution in [3.8, 4) is 0 Å². The van der Waals surface area contributed by atoms with Crippen LogP contribution in [0, 0.1) is 12.3 Å². The summed E-state index contributed by atoms with van der Waals surface area (Å²) < 4.78 is 6.07. The van der Waals surface area contributed by atoms with Gasteiger partial charge < -0.3 is 4.74 Å². The fourth-order valence-electron chi connectivity index (χ4n) is 4.55. The Balaban J connectivity index is 1.43. The van der Waals surface area contributed by atoms with E-state index in [1.165, 1.54) is 18.5 Å². The molecule has 1 spiro atoms. The van der Waals surface area contributed by atoms with Crippen molar-refractivity contribution in [1.82, 2.24) is 19.8 Å². The lowest BCUT2D eigenvalue weighted by atomic mass is 9.80. The van der Waals surface area contributed by atoms with Gasteiger partial charge in [0, 0.05) is 50.0 Å². The Bertz CT molecular complexity index is 738. The molecule has 2 aliphatic heterocycles. The molecule has 0 amide bonds. The van der Waals surface area contributed by atoms with Crippen LogP contribution in [0.5, 0.6) is 0 Å². The molecule has 4 heterocycles. The Hall–Kier alpha value is -1.82. The number of hydrogen-bond acceptors (Lipinski definition) is 5. The van der Waals surface area contributed by atoms with Crippen molar-refractivity contribution >= 4 is 0 Å². The summed E-state index contributed by atoms with van der Waals surface area (Å²) in [7, 11) is 0. The van der Waals surface area contributed by atoms with E-state index in [2.05, 4.69) is 52.0 Å². The van der Waals surface area contributed by atoms with Gasteiger partial charge in [-0.2, -0.15) is 0 Å². The van der Waals surface area contributed by atoms with E-state index in [1.54, 1.807) is 0 Å². The van der Waals surface area contributed by atoms with E-state index in [4.69, 9.17) is 9.72 Å². The summed E-state index contributed by atoms with van der Waals surface area (Å²) in [4.78, 5) is 14.3. The summed E-state index contributed by atoms with van der Waals surface area (Å²) in [5.74, 6) is 0. The average Bonchev–Trinajstić information content (AvgIpc) is 2.84. The third-order valence-corrected chi connectivity index (χ3v) is 5.70. The number of likely N-dealkylation sites (tertiary alicyclic amines) is 1. The lowest BCUT2D eigenvalue weighted by molar-refractivity contribution is 0.00205. The summed E-state index contributed by atoms with van der Waals surface area (Å²) >= 11 is 0. The maximum Gasteiger partial charge on any atom is 0.0593 e. The summed E-state index contributed by atoms with van der Waals surface area (Å²) in [6.07, 6.45) is 4.35. The highest BCUT2D eigenvalue weighted by Crippen LogP contribution is 2.34. The summed E-state index contributed by atoms with van der Waals surface area (Å²) in [5.41, 5.74) is 3.63. The number of ether oxygens (including phenoxy) is 1. The minimum Gasteiger partial charge on any atom is -0.379 e. The Morgan fingerprint density at radius 3 is 2.63 bits per heavy atom. The number of aryl methyl sites for hydroxylation is 1. The van der Waals surface area contributed by atoms with Crippen LogP contribution in [0.3, 0.4) is 0 Å². The fraction of sp³-hybridized carbons (Fsp3) is 0.545. The number of hydrogen-bond donors (Lipinski definition) is 0. The number of aromatic nitrogens is 2. The number of piperidine rings is 1. The van der Waals surface area contributed by atoms with Crippen LogP contribution in [0.25, 0.3) is 0 Å². The molecule has 1 atom stereocenters. The quantitative estimate of drug-likeness (QED) is 0.832. The third-order valence-electron chi connectivity index (χ3n) is 5.70. The molecule has 0 aromatic carbocycles. The minimum absolute atomic E-state index is 0.216. The normalized spacial score (nSPS) is 24.8. The molecule has 0 saturated carbocycles. The highest BCUT2D eigenvalue weighted by molar-refractivity contribution is 5.10. The standard InChI is InChI=1S/C22H30N4O/c1-19-6-4-8-21(24-19)15-25-11-5-9-22(16-25)17-26(12-13-27-18-22)14-20-7-2-3-10-23-20/h2-4,6-8,10H,5,9,11-18H2,1H3. The predicted molar refractivity (Wildman–Crippen MR) is 106 cm³/mol. The predicted octanol–water partition coefficient (Wildman–Crippen LogP) is 2.90. The van der Waals surface area contributed by atoms with E-state index >= 15 is 0 Å². The van der Waals surface area contributed by atoms with Crippen LogP contribution in [0.4, 0.5) is 0 Å². The van der Waals surface area contributed by atoms with Gasteiger partial charge in [0.1, 0.15) is 0 Å². The zero-order valence-electron chi connectivity index (χ0n) is 16.3. The molecule has 2 aromatic rings. The first-order valence-corrected chi connectivity index (χ1v) is 10.1. The molecule has 2 fully saturated rings. The van der Waals surface area contributed by atoms with Crippen molar-refractivity contribution in [1.29, 1.82) is 0 Å². The van der Waals surface area contributed by atoms with Crippen LogP contribution in [-0.4, -0.2) is 59.2 Å². The van der Waals surface area contributed by atoms with Gasteiger partial charge in [0.25, 0.3) is 0 Å². The Labute approximate surface area is 162 Å². The molecule has 0 N–H and O–H groups in total. The minimum atomic E-state index is 0.216. The molecule has 2 aromatic heterocycles. The van der Waals surface area contributed by atoms with Gasteiger partial charge >= 0.3 is 0 Å². The molecule has 5 nitrogen and oxygen atoms in total. The Morgan fingerprint density at radius 1 is 1.00 bits per heavy atom. The highest BCUT2D eigenvalue weighted by atomic mass is 16.5. The monoisotopic (exact) mass is 366 g/mol. The molecular formula is C22H30N4O. The van der Waals surface area contributed by atoms with E-state index in [1.807, 2.05) is 12.3 Å². The number of rotatable bonds is 4. The Kier molecular flexibility index (Phi) is 5.81. The molecule has 5 heteroatoms. The maximum atomic E-state index is 6.07. The third kappa shape index (κ3) is 4.92. The molecule has 1 unspecified atom stereocenters. The van der Waals surface area contributed by atoms with Crippen molar-refractivity contribution in [2.45, 2.75) is 32.9 Å². The van der Waals surface area contributed by atoms with Crippen LogP contribution in [0.15, 0.2) is 42.6 Å². The van der Waals surface area contributed by atoms with Crippen LogP contribution >= 0.6 is 0 Å². The second-order valence-corrected chi connectivity index (χ2v) is 8.17. The van der Waals surface area contributed by atoms with Gasteiger partial charge in [-0.1, -0.05) is 12.1 Å². The number of nitrogens with zero attached hydrogens (tertiary/aromatic N) is 4. The first-order valence-electron chi connectivity index (χ1n) is 10.1. The molecule has 144 valence electrons. The molecule has 27 heavy (non-hydrogen) atoms. The van der Waals surface area contributed by atoms with E-state index in [0.717, 1.165) is 63.9 Å². The number of pyridine rings is 2. The van der Waals surface area contributed by atoms with E-state index in [0.29, 0.717) is 0 Å². The van der Waals surface area contributed by atoms with Gasteiger partial charge in [-0.3, -0.25) is 19.8 Å². The zero-order chi connectivity index (χ0) is 18.5. The van der Waals surface area contributed by atoms with Gasteiger partial charge in [-0.15, -0.1) is 0 Å². The van der Waals surface area contributed by atoms with E-state index in [9.17, 15) is 0 Å². The van der Waals surface area contributed by atoms with Gasteiger partial charge in [-0.25, -0.2) is 0 Å². The average molecular weight is 367 g/mol. The van der Waals surface area contributed by atoms with Crippen LogP contribution < -0.4 is 0 Å². The van der Waals surface area contributed by atoms with Gasteiger partial charge in [-0.05, 0) is 50.6 Å². The van der Waals surface area contributed by atoms with Crippen LogP contribution in [0.2, 0.25) is 0 Å². The first kappa shape index (κ1) is 18.5. The van der Waals surface area contributed by atoms with E-state index in [-0.39, 0.29) is 5.41 Å². The van der Waals surface area contributed by atoms with Crippen molar-refractivity contribution < 1.29 is 4.74 Å². The maximum absolute atomic E-state index is 6.07. The topological polar surface area (TPSA) is 41.5 Å². The van der Waals surface area contributed by atoms with Crippen LogP contribution in [0.1, 0.15) is 29.9 Å². The second-order valence-electron chi connectivity index (χ2n) is 8.17. The molecule has 0 bridgehead atoms. The largest absolute Gasteiger partial charge is 0.379 e. The zero-order valence-corrected chi connectivity index (χ0v) is 16.3. The lowest BCUT2D eigenvalue weighted by Gasteiger charge is -2.43. The summed E-state index contributed by atoms with van der Waals surface area (Å²) in [6.45, 7) is 9.89. The summed E-state index contributed by atoms with van der Waals surface area (Å²) in [6, 6.07) is 12.5. The fourth-order valence-corrected chi connectivity index (χ4v) is 4.55. The SMILES string of the molecule is Cc1cccc(CN2CCCC3(COCCN(Cc4ccccn4)C3)C2)n1. The van der Waals surface area contributed by atoms with Gasteiger partial charge in [0.15, 0.2) is 0 Å². The van der Waals surface area contributed by atoms with Gasteiger partial charge in [0.05, 0.1) is 24.6 Å². The second kappa shape index (κ2) is 8.46. The summed E-state index contributed by atoms with van der Waals surface area (Å²) in [5, 5.41) is 0. The first-order chi connectivity index (χ1) is 13.2. The molecule has 0 aliphatic carbocycles. The molecule has 2 aliphatic rings. The van der Waals surface area contributed by atoms with Crippen molar-refractivity contribution in [3.05, 3.63) is 59.7 Å². The van der Waals surface area contributed by atoms with Crippen molar-refractivity contribution in [2.24, 2.45) is 5.41 Å². The molecule has 4 rings (SSSR count). The molecule has 2 saturated heterocycles. The van der Waals surface area contributed by atoms with Gasteiger partial charge in [0.2, 0.25) is 0 Å². The highest BCUT2D eigenvalue weighted by Gasteiger charge is 2.38. The smallest absolute Gasteiger partial charge is 0.0593 e. The Morgan fingerprint density at radius 2 is 1.81 bits per heavy atom. The lowest BCUT2D eigenvalue weighted by Crippen LogP contribution is -2.50. The van der Waals surface area contributed by atoms with Crippen molar-refractivity contribution in [2.75, 3.05) is 39.4 Å².